The van der Waals surface area contributed by atoms with E-state index in [1.807, 2.05) is 11.8 Å². The summed E-state index contributed by atoms with van der Waals surface area (Å²) < 4.78 is 0. The minimum absolute atomic E-state index is 0.672. The molecule has 1 aliphatic rings. The van der Waals surface area contributed by atoms with Gasteiger partial charge in [-0.05, 0) is 5.92 Å². The van der Waals surface area contributed by atoms with E-state index in [2.05, 4.69) is 19.0 Å². The Bertz CT molecular complexity index is 145. The molecule has 0 aromatic carbocycles. The van der Waals surface area contributed by atoms with E-state index in [0.717, 1.165) is 17.9 Å². The fourth-order valence-corrected chi connectivity index (χ4v) is 2.33. The van der Waals surface area contributed by atoms with E-state index < -0.39 is 0 Å². The molecule has 0 spiro atoms. The molecule has 3 heteroatoms. The number of hydrogen-bond acceptors (Lipinski definition) is 3. The van der Waals surface area contributed by atoms with E-state index in [4.69, 9.17) is 5.21 Å². The van der Waals surface area contributed by atoms with E-state index in [9.17, 15) is 0 Å². The quantitative estimate of drug-likeness (QED) is 0.468. The summed E-state index contributed by atoms with van der Waals surface area (Å²) in [6.07, 6.45) is 0.971. The molecule has 10 heavy (non-hydrogen) atoms. The number of thioether (sulfide) groups is 1. The third-order valence-corrected chi connectivity index (χ3v) is 3.42. The van der Waals surface area contributed by atoms with Gasteiger partial charge in [0, 0.05) is 17.4 Å². The van der Waals surface area contributed by atoms with Crippen molar-refractivity contribution < 1.29 is 5.21 Å². The monoisotopic (exact) mass is 159 g/mol. The summed E-state index contributed by atoms with van der Waals surface area (Å²) in [6.45, 7) is 4.41. The van der Waals surface area contributed by atoms with E-state index in [-0.39, 0.29) is 0 Å². The molecule has 2 nitrogen and oxygen atoms in total. The van der Waals surface area contributed by atoms with Gasteiger partial charge in [-0.2, -0.15) is 11.8 Å². The van der Waals surface area contributed by atoms with Crippen LogP contribution in [-0.4, -0.2) is 21.9 Å². The van der Waals surface area contributed by atoms with Gasteiger partial charge in [-0.15, -0.1) is 0 Å². The van der Waals surface area contributed by atoms with Gasteiger partial charge in [0.05, 0.1) is 5.71 Å². The first-order valence-corrected chi connectivity index (χ1v) is 4.60. The van der Waals surface area contributed by atoms with Gasteiger partial charge >= 0.3 is 0 Å². The van der Waals surface area contributed by atoms with Gasteiger partial charge < -0.3 is 5.21 Å². The molecule has 0 radical (unpaired) electrons. The van der Waals surface area contributed by atoms with E-state index in [1.54, 1.807) is 0 Å². The summed E-state index contributed by atoms with van der Waals surface area (Å²) >= 11 is 1.89. The Balaban J connectivity index is 2.43. The number of hydrogen-bond donors (Lipinski definition) is 1. The molecule has 0 saturated carbocycles. The van der Waals surface area contributed by atoms with Crippen molar-refractivity contribution in [3.8, 4) is 0 Å². The Hall–Kier alpha value is -0.180. The fourth-order valence-electron chi connectivity index (χ4n) is 1.05. The van der Waals surface area contributed by atoms with E-state index in [1.165, 1.54) is 0 Å². The predicted octanol–water partition coefficient (Wildman–Crippen LogP) is 1.98. The fraction of sp³-hybridized carbons (Fsp3) is 0.857. The van der Waals surface area contributed by atoms with Gasteiger partial charge in [-0.1, -0.05) is 19.0 Å². The van der Waals surface area contributed by atoms with Gasteiger partial charge in [0.25, 0.3) is 0 Å². The van der Waals surface area contributed by atoms with Crippen molar-refractivity contribution in [1.82, 2.24) is 0 Å². The highest BCUT2D eigenvalue weighted by molar-refractivity contribution is 8.01. The Kier molecular flexibility index (Phi) is 2.60. The Morgan fingerprint density at radius 2 is 2.40 bits per heavy atom. The smallest absolute Gasteiger partial charge is 0.0680 e. The zero-order chi connectivity index (χ0) is 7.56. The zero-order valence-corrected chi connectivity index (χ0v) is 7.19. The van der Waals surface area contributed by atoms with Crippen LogP contribution in [-0.2, 0) is 0 Å². The van der Waals surface area contributed by atoms with Crippen LogP contribution in [0.5, 0.6) is 0 Å². The first-order chi connectivity index (χ1) is 4.74. The van der Waals surface area contributed by atoms with Crippen LogP contribution >= 0.6 is 11.8 Å². The van der Waals surface area contributed by atoms with Crippen molar-refractivity contribution in [3.05, 3.63) is 0 Å². The van der Waals surface area contributed by atoms with E-state index >= 15 is 0 Å². The molecule has 0 bridgehead atoms. The molecular weight excluding hydrogens is 146 g/mol. The van der Waals surface area contributed by atoms with Gasteiger partial charge in [-0.25, -0.2) is 0 Å². The Labute approximate surface area is 65.7 Å². The lowest BCUT2D eigenvalue weighted by molar-refractivity contribution is 0.317. The second kappa shape index (κ2) is 3.28. The molecular formula is C7H13NOS. The normalized spacial score (nSPS) is 30.3. The SMILES string of the molecule is CC(C)C1C/C(=N\O)CS1. The molecule has 1 unspecified atom stereocenters. The average molecular weight is 159 g/mol. The summed E-state index contributed by atoms with van der Waals surface area (Å²) in [6, 6.07) is 0. The maximum Gasteiger partial charge on any atom is 0.0680 e. The summed E-state index contributed by atoms with van der Waals surface area (Å²) in [5, 5.41) is 12.3. The molecule has 1 N–H and O–H groups in total. The van der Waals surface area contributed by atoms with Gasteiger partial charge in [0.1, 0.15) is 0 Å². The average Bonchev–Trinajstić information content (AvgIpc) is 2.34. The second-order valence-corrected chi connectivity index (χ2v) is 4.19. The number of nitrogens with zero attached hydrogens (tertiary/aromatic N) is 1. The van der Waals surface area contributed by atoms with Gasteiger partial charge in [-0.3, -0.25) is 0 Å². The third-order valence-electron chi connectivity index (χ3n) is 1.79. The largest absolute Gasteiger partial charge is 0.411 e. The Morgan fingerprint density at radius 3 is 2.70 bits per heavy atom. The van der Waals surface area contributed by atoms with Crippen molar-refractivity contribution in [2.24, 2.45) is 11.1 Å². The molecule has 0 amide bonds. The van der Waals surface area contributed by atoms with Crippen LogP contribution in [0, 0.1) is 5.92 Å². The minimum atomic E-state index is 0.672. The van der Waals surface area contributed by atoms with Crippen LogP contribution < -0.4 is 0 Å². The van der Waals surface area contributed by atoms with Crippen LogP contribution in [0.15, 0.2) is 5.16 Å². The lowest BCUT2D eigenvalue weighted by Crippen LogP contribution is -2.07. The van der Waals surface area contributed by atoms with Crippen molar-refractivity contribution in [2.45, 2.75) is 25.5 Å². The van der Waals surface area contributed by atoms with Gasteiger partial charge in [0.2, 0.25) is 0 Å². The summed E-state index contributed by atoms with van der Waals surface area (Å²) in [7, 11) is 0. The molecule has 58 valence electrons. The highest BCUT2D eigenvalue weighted by Crippen LogP contribution is 2.29. The predicted molar refractivity (Wildman–Crippen MR) is 44.9 cm³/mol. The first kappa shape index (κ1) is 7.92. The molecule has 1 atom stereocenters. The molecule has 1 saturated heterocycles. The molecule has 0 aliphatic carbocycles. The van der Waals surface area contributed by atoms with E-state index in [0.29, 0.717) is 11.2 Å². The van der Waals surface area contributed by atoms with Crippen molar-refractivity contribution in [3.63, 3.8) is 0 Å². The van der Waals surface area contributed by atoms with Crippen LogP contribution in [0.3, 0.4) is 0 Å². The van der Waals surface area contributed by atoms with Gasteiger partial charge in [0.15, 0.2) is 0 Å². The highest BCUT2D eigenvalue weighted by atomic mass is 32.2. The van der Waals surface area contributed by atoms with Crippen molar-refractivity contribution in [2.75, 3.05) is 5.75 Å². The van der Waals surface area contributed by atoms with Crippen LogP contribution in [0.4, 0.5) is 0 Å². The van der Waals surface area contributed by atoms with Crippen LogP contribution in [0.2, 0.25) is 0 Å². The standard InChI is InChI=1S/C7H13NOS/c1-5(2)7-3-6(8-9)4-10-7/h5,7,9H,3-4H2,1-2H3/b8-6+. The lowest BCUT2D eigenvalue weighted by Gasteiger charge is -2.10. The molecule has 1 aliphatic heterocycles. The highest BCUT2D eigenvalue weighted by Gasteiger charge is 2.23. The number of oxime groups is 1. The molecule has 0 aromatic heterocycles. The maximum absolute atomic E-state index is 8.44. The molecule has 1 rings (SSSR count). The van der Waals surface area contributed by atoms with Crippen LogP contribution in [0.25, 0.3) is 0 Å². The summed E-state index contributed by atoms with van der Waals surface area (Å²) in [5.41, 5.74) is 0.948. The summed E-state index contributed by atoms with van der Waals surface area (Å²) in [5.74, 6) is 1.61. The van der Waals surface area contributed by atoms with Crippen molar-refractivity contribution >= 4 is 17.5 Å². The van der Waals surface area contributed by atoms with Crippen molar-refractivity contribution in [1.29, 1.82) is 0 Å². The molecule has 0 aromatic rings. The maximum atomic E-state index is 8.44. The minimum Gasteiger partial charge on any atom is -0.411 e. The second-order valence-electron chi connectivity index (χ2n) is 2.96. The number of rotatable bonds is 1. The zero-order valence-electron chi connectivity index (χ0n) is 6.37. The Morgan fingerprint density at radius 1 is 1.70 bits per heavy atom. The van der Waals surface area contributed by atoms with Crippen LogP contribution in [0.1, 0.15) is 20.3 Å². The summed E-state index contributed by atoms with van der Waals surface area (Å²) in [4.78, 5) is 0. The molecule has 1 heterocycles. The molecule has 1 fully saturated rings. The topological polar surface area (TPSA) is 32.6 Å². The first-order valence-electron chi connectivity index (χ1n) is 3.55. The third kappa shape index (κ3) is 1.66. The lowest BCUT2D eigenvalue weighted by atomic mass is 10.1.